The highest BCUT2D eigenvalue weighted by atomic mass is 32.2. The van der Waals surface area contributed by atoms with E-state index in [0.29, 0.717) is 9.23 Å². The van der Waals surface area contributed by atoms with E-state index in [1.54, 1.807) is 4.90 Å². The maximum absolute atomic E-state index is 12.9. The minimum atomic E-state index is -0.0980. The van der Waals surface area contributed by atoms with Crippen LogP contribution in [-0.2, 0) is 4.79 Å². The average Bonchev–Trinajstić information content (AvgIpc) is 2.95. The molecule has 3 aromatic rings. The van der Waals surface area contributed by atoms with Gasteiger partial charge in [-0.15, -0.1) is 0 Å². The summed E-state index contributed by atoms with van der Waals surface area (Å²) < 4.78 is 0.582. The van der Waals surface area contributed by atoms with Gasteiger partial charge < -0.3 is 0 Å². The number of hydrogen-bond donors (Lipinski definition) is 0. The van der Waals surface area contributed by atoms with Crippen LogP contribution in [0.25, 0.3) is 17.0 Å². The number of thioether (sulfide) groups is 1. The number of rotatable bonds is 3. The van der Waals surface area contributed by atoms with Crippen LogP contribution in [0.1, 0.15) is 24.2 Å². The Morgan fingerprint density at radius 1 is 1.04 bits per heavy atom. The molecule has 1 aromatic heterocycles. The Kier molecular flexibility index (Phi) is 4.57. The van der Waals surface area contributed by atoms with Gasteiger partial charge in [0.1, 0.15) is 4.32 Å². The van der Waals surface area contributed by atoms with Crippen LogP contribution in [0.4, 0.5) is 0 Å². The van der Waals surface area contributed by atoms with Crippen LogP contribution in [-0.4, -0.2) is 20.1 Å². The topological polar surface area (TPSA) is 33.2 Å². The van der Waals surface area contributed by atoms with Crippen molar-refractivity contribution in [1.29, 1.82) is 0 Å². The zero-order valence-corrected chi connectivity index (χ0v) is 15.8. The van der Waals surface area contributed by atoms with E-state index in [1.165, 1.54) is 11.8 Å². The molecule has 1 aliphatic rings. The fraction of sp³-hybridized carbons (Fsp3) is 0.0952. The van der Waals surface area contributed by atoms with E-state index in [2.05, 4.69) is 4.98 Å². The standard InChI is InChI=1S/C21H16N2OS2/c1-14(15-7-3-2-4-8-15)23-20(24)19(26-21(23)25)13-17-12-11-16-9-5-6-10-18(16)22-17/h2-14H,1H3/b19-13-. The van der Waals surface area contributed by atoms with Crippen LogP contribution < -0.4 is 0 Å². The second-order valence-corrected chi connectivity index (χ2v) is 7.74. The number of carbonyl (C=O) groups is 1. The van der Waals surface area contributed by atoms with Gasteiger partial charge in [0.05, 0.1) is 22.2 Å². The summed E-state index contributed by atoms with van der Waals surface area (Å²) in [4.78, 5) is 19.8. The van der Waals surface area contributed by atoms with Gasteiger partial charge in [0, 0.05) is 5.39 Å². The first-order chi connectivity index (χ1) is 12.6. The van der Waals surface area contributed by atoms with Crippen molar-refractivity contribution in [2.75, 3.05) is 0 Å². The summed E-state index contributed by atoms with van der Waals surface area (Å²) in [5, 5.41) is 1.08. The summed E-state index contributed by atoms with van der Waals surface area (Å²) in [5.74, 6) is -0.0636. The van der Waals surface area contributed by atoms with Crippen molar-refractivity contribution in [2.45, 2.75) is 13.0 Å². The molecule has 128 valence electrons. The largest absolute Gasteiger partial charge is 0.286 e. The lowest BCUT2D eigenvalue weighted by Gasteiger charge is -2.23. The quantitative estimate of drug-likeness (QED) is 0.465. The predicted octanol–water partition coefficient (Wildman–Crippen LogP) is 5.20. The Morgan fingerprint density at radius 3 is 2.58 bits per heavy atom. The third-order valence-electron chi connectivity index (χ3n) is 4.39. The highest BCUT2D eigenvalue weighted by Gasteiger charge is 2.35. The Balaban J connectivity index is 1.64. The van der Waals surface area contributed by atoms with Crippen LogP contribution >= 0.6 is 24.0 Å². The summed E-state index contributed by atoms with van der Waals surface area (Å²) in [7, 11) is 0. The number of para-hydroxylation sites is 1. The Hall–Kier alpha value is -2.50. The van der Waals surface area contributed by atoms with Gasteiger partial charge in [-0.05, 0) is 30.7 Å². The number of benzene rings is 2. The second-order valence-electron chi connectivity index (χ2n) is 6.07. The zero-order valence-electron chi connectivity index (χ0n) is 14.1. The number of amides is 1. The summed E-state index contributed by atoms with van der Waals surface area (Å²) >= 11 is 6.80. The molecule has 5 heteroatoms. The molecular formula is C21H16N2OS2. The Morgan fingerprint density at radius 2 is 1.77 bits per heavy atom. The van der Waals surface area contributed by atoms with Gasteiger partial charge in [0.2, 0.25) is 0 Å². The number of thiocarbonyl (C=S) groups is 1. The molecule has 0 spiro atoms. The van der Waals surface area contributed by atoms with Crippen molar-refractivity contribution < 1.29 is 4.79 Å². The second kappa shape index (κ2) is 7.02. The fourth-order valence-corrected chi connectivity index (χ4v) is 4.39. The molecule has 4 rings (SSSR count). The zero-order chi connectivity index (χ0) is 18.1. The molecule has 0 saturated carbocycles. The lowest BCUT2D eigenvalue weighted by molar-refractivity contribution is -0.123. The minimum Gasteiger partial charge on any atom is -0.286 e. The van der Waals surface area contributed by atoms with Crippen molar-refractivity contribution in [3.05, 3.63) is 82.9 Å². The van der Waals surface area contributed by atoms with Gasteiger partial charge in [-0.25, -0.2) is 4.98 Å². The highest BCUT2D eigenvalue weighted by Crippen LogP contribution is 2.37. The number of carbonyl (C=O) groups excluding carboxylic acids is 1. The van der Waals surface area contributed by atoms with Crippen molar-refractivity contribution in [1.82, 2.24) is 9.88 Å². The maximum atomic E-state index is 12.9. The van der Waals surface area contributed by atoms with Gasteiger partial charge in [-0.3, -0.25) is 9.69 Å². The van der Waals surface area contributed by atoms with Crippen molar-refractivity contribution in [3.8, 4) is 0 Å². The van der Waals surface area contributed by atoms with E-state index in [4.69, 9.17) is 12.2 Å². The summed E-state index contributed by atoms with van der Waals surface area (Å²) in [6.45, 7) is 2.00. The Labute approximate surface area is 161 Å². The first-order valence-electron chi connectivity index (χ1n) is 8.31. The third-order valence-corrected chi connectivity index (χ3v) is 5.72. The lowest BCUT2D eigenvalue weighted by atomic mass is 10.1. The number of aromatic nitrogens is 1. The number of pyridine rings is 1. The average molecular weight is 377 g/mol. The molecule has 1 atom stereocenters. The molecule has 1 aliphatic heterocycles. The van der Waals surface area contributed by atoms with Crippen molar-refractivity contribution in [2.24, 2.45) is 0 Å². The van der Waals surface area contributed by atoms with Crippen LogP contribution in [0.3, 0.4) is 0 Å². The molecule has 0 radical (unpaired) electrons. The molecule has 1 unspecified atom stereocenters. The van der Waals surface area contributed by atoms with Gasteiger partial charge >= 0.3 is 0 Å². The van der Waals surface area contributed by atoms with E-state index in [-0.39, 0.29) is 11.9 Å². The molecule has 0 bridgehead atoms. The summed E-state index contributed by atoms with van der Waals surface area (Å²) in [5.41, 5.74) is 2.74. The highest BCUT2D eigenvalue weighted by molar-refractivity contribution is 8.26. The number of nitrogens with zero attached hydrogens (tertiary/aromatic N) is 2. The van der Waals surface area contributed by atoms with Crippen molar-refractivity contribution in [3.63, 3.8) is 0 Å². The van der Waals surface area contributed by atoms with Crippen LogP contribution in [0.5, 0.6) is 0 Å². The third kappa shape index (κ3) is 3.16. The smallest absolute Gasteiger partial charge is 0.266 e. The van der Waals surface area contributed by atoms with Crippen LogP contribution in [0.2, 0.25) is 0 Å². The fourth-order valence-electron chi connectivity index (χ4n) is 2.99. The van der Waals surface area contributed by atoms with Gasteiger partial charge in [0.15, 0.2) is 0 Å². The minimum absolute atomic E-state index is 0.0636. The molecule has 2 heterocycles. The number of hydrogen-bond acceptors (Lipinski definition) is 4. The van der Waals surface area contributed by atoms with Gasteiger partial charge in [-0.1, -0.05) is 78.6 Å². The first-order valence-corrected chi connectivity index (χ1v) is 9.54. The van der Waals surface area contributed by atoms with E-state index in [0.717, 1.165) is 22.2 Å². The molecule has 0 aliphatic carbocycles. The monoisotopic (exact) mass is 376 g/mol. The lowest BCUT2D eigenvalue weighted by Crippen LogP contribution is -2.30. The molecule has 1 saturated heterocycles. The normalized spacial score (nSPS) is 17.3. The molecule has 0 N–H and O–H groups in total. The molecule has 3 nitrogen and oxygen atoms in total. The van der Waals surface area contributed by atoms with Crippen molar-refractivity contribution >= 4 is 51.2 Å². The van der Waals surface area contributed by atoms with E-state index < -0.39 is 0 Å². The van der Waals surface area contributed by atoms with Gasteiger partial charge in [-0.2, -0.15) is 0 Å². The van der Waals surface area contributed by atoms with E-state index >= 15 is 0 Å². The first kappa shape index (κ1) is 16.9. The molecule has 1 amide bonds. The Bertz CT molecular complexity index is 1030. The SMILES string of the molecule is CC(c1ccccc1)N1C(=O)/C(=C/c2ccc3ccccc3n2)SC1=S. The number of fused-ring (bicyclic) bond motifs is 1. The molecular weight excluding hydrogens is 360 g/mol. The summed E-state index contributed by atoms with van der Waals surface area (Å²) in [6.07, 6.45) is 1.82. The predicted molar refractivity (Wildman–Crippen MR) is 112 cm³/mol. The molecule has 26 heavy (non-hydrogen) atoms. The van der Waals surface area contributed by atoms with Crippen LogP contribution in [0.15, 0.2) is 71.6 Å². The van der Waals surface area contributed by atoms with Gasteiger partial charge in [0.25, 0.3) is 5.91 Å². The van der Waals surface area contributed by atoms with Crippen LogP contribution in [0, 0.1) is 0 Å². The maximum Gasteiger partial charge on any atom is 0.266 e. The van der Waals surface area contributed by atoms with E-state index in [1.807, 2.05) is 79.7 Å². The van der Waals surface area contributed by atoms with E-state index in [9.17, 15) is 4.79 Å². The summed E-state index contributed by atoms with van der Waals surface area (Å²) in [6, 6.07) is 21.7. The molecule has 2 aromatic carbocycles. The molecule has 1 fully saturated rings.